The molecule has 1 fully saturated rings. The number of anilines is 1. The smallest absolute Gasteiger partial charge is 0.129 e. The monoisotopic (exact) mass is 289 g/mol. The molecule has 0 bridgehead atoms. The molecule has 3 heteroatoms. The molecule has 0 aliphatic carbocycles. The first-order valence-electron chi connectivity index (χ1n) is 8.59. The van der Waals surface area contributed by atoms with E-state index in [1.54, 1.807) is 0 Å². The Morgan fingerprint density at radius 1 is 1.14 bits per heavy atom. The van der Waals surface area contributed by atoms with Gasteiger partial charge in [0.15, 0.2) is 0 Å². The van der Waals surface area contributed by atoms with Crippen LogP contribution in [0.2, 0.25) is 0 Å². The van der Waals surface area contributed by atoms with Gasteiger partial charge in [0, 0.05) is 25.3 Å². The van der Waals surface area contributed by atoms with E-state index in [4.69, 9.17) is 4.98 Å². The molecule has 0 radical (unpaired) electrons. The summed E-state index contributed by atoms with van der Waals surface area (Å²) in [5.41, 5.74) is 2.62. The predicted molar refractivity (Wildman–Crippen MR) is 90.8 cm³/mol. The fourth-order valence-electron chi connectivity index (χ4n) is 3.01. The molecular formula is C18H31N3. The van der Waals surface area contributed by atoms with Crippen molar-refractivity contribution in [3.8, 4) is 0 Å². The van der Waals surface area contributed by atoms with Crippen LogP contribution in [-0.4, -0.2) is 24.6 Å². The molecule has 1 aliphatic rings. The van der Waals surface area contributed by atoms with Gasteiger partial charge < -0.3 is 10.2 Å². The van der Waals surface area contributed by atoms with Gasteiger partial charge in [-0.2, -0.15) is 0 Å². The molecule has 21 heavy (non-hydrogen) atoms. The van der Waals surface area contributed by atoms with Crippen LogP contribution in [0.4, 0.5) is 5.82 Å². The molecule has 1 aromatic rings. The third-order valence-corrected chi connectivity index (χ3v) is 4.50. The van der Waals surface area contributed by atoms with E-state index < -0.39 is 0 Å². The summed E-state index contributed by atoms with van der Waals surface area (Å²) in [5.74, 6) is 2.72. The molecule has 1 saturated heterocycles. The number of hydrogen-bond donors (Lipinski definition) is 1. The van der Waals surface area contributed by atoms with Crippen molar-refractivity contribution >= 4 is 5.82 Å². The Kier molecular flexibility index (Phi) is 6.04. The summed E-state index contributed by atoms with van der Waals surface area (Å²) in [6.45, 7) is 13.5. The van der Waals surface area contributed by atoms with Gasteiger partial charge in [0.25, 0.3) is 0 Å². The fourth-order valence-corrected chi connectivity index (χ4v) is 3.01. The molecule has 2 rings (SSSR count). The first-order chi connectivity index (χ1) is 10.1. The lowest BCUT2D eigenvalue weighted by Crippen LogP contribution is -2.22. The minimum Gasteiger partial charge on any atom is -0.356 e. The highest BCUT2D eigenvalue weighted by Gasteiger charge is 2.27. The van der Waals surface area contributed by atoms with Crippen molar-refractivity contribution in [1.29, 1.82) is 0 Å². The minimum absolute atomic E-state index is 0.767. The molecule has 2 heterocycles. The number of aryl methyl sites for hydroxylation is 1. The van der Waals surface area contributed by atoms with Crippen molar-refractivity contribution in [2.75, 3.05) is 24.5 Å². The van der Waals surface area contributed by atoms with E-state index in [0.717, 1.165) is 50.9 Å². The van der Waals surface area contributed by atoms with Crippen LogP contribution in [0.1, 0.15) is 51.8 Å². The van der Waals surface area contributed by atoms with E-state index in [2.05, 4.69) is 50.0 Å². The zero-order chi connectivity index (χ0) is 15.2. The van der Waals surface area contributed by atoms with Crippen LogP contribution in [0, 0.1) is 11.8 Å². The fraction of sp³-hybridized carbons (Fsp3) is 0.722. The molecule has 118 valence electrons. The van der Waals surface area contributed by atoms with Crippen LogP contribution in [0.15, 0.2) is 12.1 Å². The third kappa shape index (κ3) is 4.44. The van der Waals surface area contributed by atoms with Gasteiger partial charge in [-0.25, -0.2) is 4.98 Å². The number of rotatable bonds is 7. The van der Waals surface area contributed by atoms with Gasteiger partial charge in [0.05, 0.1) is 0 Å². The molecule has 0 aromatic carbocycles. The second kappa shape index (κ2) is 7.79. The van der Waals surface area contributed by atoms with Gasteiger partial charge in [-0.3, -0.25) is 0 Å². The molecule has 1 aromatic heterocycles. The molecule has 3 nitrogen and oxygen atoms in total. The van der Waals surface area contributed by atoms with Gasteiger partial charge in [0.1, 0.15) is 5.82 Å². The Morgan fingerprint density at radius 3 is 2.48 bits per heavy atom. The highest BCUT2D eigenvalue weighted by Crippen LogP contribution is 2.27. The zero-order valence-electron chi connectivity index (χ0n) is 14.2. The van der Waals surface area contributed by atoms with E-state index in [1.807, 2.05) is 0 Å². The van der Waals surface area contributed by atoms with Crippen molar-refractivity contribution in [1.82, 2.24) is 10.3 Å². The lowest BCUT2D eigenvalue weighted by molar-refractivity contribution is 0.494. The molecule has 0 spiro atoms. The molecule has 2 atom stereocenters. The molecule has 0 amide bonds. The quantitative estimate of drug-likeness (QED) is 0.777. The normalized spacial score (nSPS) is 22.0. The van der Waals surface area contributed by atoms with Crippen molar-refractivity contribution in [2.24, 2.45) is 11.8 Å². The SMILES string of the molecule is CCCNCc1cc(CCC)nc(N2CC(C)C(C)C2)c1. The molecule has 0 saturated carbocycles. The zero-order valence-corrected chi connectivity index (χ0v) is 14.2. The van der Waals surface area contributed by atoms with E-state index in [1.165, 1.54) is 23.5 Å². The number of nitrogens with zero attached hydrogens (tertiary/aromatic N) is 2. The first-order valence-corrected chi connectivity index (χ1v) is 8.59. The van der Waals surface area contributed by atoms with Crippen LogP contribution >= 0.6 is 0 Å². The molecule has 2 unspecified atom stereocenters. The van der Waals surface area contributed by atoms with Crippen LogP contribution in [0.5, 0.6) is 0 Å². The lowest BCUT2D eigenvalue weighted by Gasteiger charge is -2.19. The third-order valence-electron chi connectivity index (χ3n) is 4.50. The summed E-state index contributed by atoms with van der Waals surface area (Å²) in [6.07, 6.45) is 3.42. The summed E-state index contributed by atoms with van der Waals surface area (Å²) in [7, 11) is 0. The summed E-state index contributed by atoms with van der Waals surface area (Å²) in [5, 5.41) is 3.51. The van der Waals surface area contributed by atoms with Crippen molar-refractivity contribution < 1.29 is 0 Å². The van der Waals surface area contributed by atoms with Gasteiger partial charge in [-0.1, -0.05) is 34.1 Å². The Labute approximate surface area is 130 Å². The molecule has 1 N–H and O–H groups in total. The van der Waals surface area contributed by atoms with Crippen molar-refractivity contribution in [3.63, 3.8) is 0 Å². The Bertz CT molecular complexity index is 434. The first kappa shape index (κ1) is 16.3. The molecule has 1 aliphatic heterocycles. The van der Waals surface area contributed by atoms with Crippen LogP contribution in [0.3, 0.4) is 0 Å². The standard InChI is InChI=1S/C18H31N3/c1-5-7-17-9-16(11-19-8-6-2)10-18(20-17)21-12-14(3)15(4)13-21/h9-10,14-15,19H,5-8,11-13H2,1-4H3. The van der Waals surface area contributed by atoms with Gasteiger partial charge in [0.2, 0.25) is 0 Å². The Morgan fingerprint density at radius 2 is 1.86 bits per heavy atom. The van der Waals surface area contributed by atoms with E-state index in [9.17, 15) is 0 Å². The second-order valence-electron chi connectivity index (χ2n) is 6.61. The highest BCUT2D eigenvalue weighted by atomic mass is 15.2. The average Bonchev–Trinajstić information content (AvgIpc) is 2.79. The van der Waals surface area contributed by atoms with E-state index >= 15 is 0 Å². The number of hydrogen-bond acceptors (Lipinski definition) is 3. The maximum atomic E-state index is 4.90. The number of aromatic nitrogens is 1. The van der Waals surface area contributed by atoms with Crippen LogP contribution in [0.25, 0.3) is 0 Å². The average molecular weight is 289 g/mol. The molecular weight excluding hydrogens is 258 g/mol. The maximum absolute atomic E-state index is 4.90. The highest BCUT2D eigenvalue weighted by molar-refractivity contribution is 5.44. The summed E-state index contributed by atoms with van der Waals surface area (Å²) in [6, 6.07) is 4.56. The number of pyridine rings is 1. The van der Waals surface area contributed by atoms with Gasteiger partial charge >= 0.3 is 0 Å². The van der Waals surface area contributed by atoms with Crippen molar-refractivity contribution in [3.05, 3.63) is 23.4 Å². The van der Waals surface area contributed by atoms with Gasteiger partial charge in [-0.05, 0) is 48.9 Å². The Hall–Kier alpha value is -1.09. The minimum atomic E-state index is 0.767. The van der Waals surface area contributed by atoms with E-state index in [-0.39, 0.29) is 0 Å². The predicted octanol–water partition coefficient (Wildman–Crippen LogP) is 3.63. The van der Waals surface area contributed by atoms with Crippen molar-refractivity contribution in [2.45, 2.75) is 53.5 Å². The largest absolute Gasteiger partial charge is 0.356 e. The lowest BCUT2D eigenvalue weighted by atomic mass is 10.0. The topological polar surface area (TPSA) is 28.2 Å². The van der Waals surface area contributed by atoms with Crippen LogP contribution in [-0.2, 0) is 13.0 Å². The Balaban J connectivity index is 2.15. The summed E-state index contributed by atoms with van der Waals surface area (Å²) >= 11 is 0. The summed E-state index contributed by atoms with van der Waals surface area (Å²) < 4.78 is 0. The van der Waals surface area contributed by atoms with Crippen LogP contribution < -0.4 is 10.2 Å². The van der Waals surface area contributed by atoms with E-state index in [0.29, 0.717) is 0 Å². The maximum Gasteiger partial charge on any atom is 0.129 e. The second-order valence-corrected chi connectivity index (χ2v) is 6.61. The van der Waals surface area contributed by atoms with Gasteiger partial charge in [-0.15, -0.1) is 0 Å². The summed E-state index contributed by atoms with van der Waals surface area (Å²) in [4.78, 5) is 7.37. The number of nitrogens with one attached hydrogen (secondary N) is 1.